The van der Waals surface area contributed by atoms with Gasteiger partial charge in [-0.3, -0.25) is 4.79 Å². The van der Waals surface area contributed by atoms with Crippen LogP contribution in [0.25, 0.3) is 0 Å². The molecule has 0 fully saturated rings. The van der Waals surface area contributed by atoms with Crippen molar-refractivity contribution in [2.45, 2.75) is 19.6 Å². The second kappa shape index (κ2) is 6.33. The molecular formula is C14H15NO2S. The first kappa shape index (κ1) is 12.8. The van der Waals surface area contributed by atoms with Crippen LogP contribution in [0.3, 0.4) is 0 Å². The Labute approximate surface area is 110 Å². The van der Waals surface area contributed by atoms with E-state index in [0.717, 1.165) is 16.0 Å². The van der Waals surface area contributed by atoms with Crippen LogP contribution in [0.5, 0.6) is 0 Å². The zero-order chi connectivity index (χ0) is 12.8. The van der Waals surface area contributed by atoms with Gasteiger partial charge in [0.2, 0.25) is 5.91 Å². The van der Waals surface area contributed by atoms with Crippen LogP contribution in [0.15, 0.2) is 41.8 Å². The van der Waals surface area contributed by atoms with Gasteiger partial charge in [0.15, 0.2) is 0 Å². The lowest BCUT2D eigenvalue weighted by atomic mass is 10.1. The summed E-state index contributed by atoms with van der Waals surface area (Å²) in [5.74, 6) is -0.0213. The Bertz CT molecular complexity index is 508. The Kier molecular flexibility index (Phi) is 4.50. The van der Waals surface area contributed by atoms with Gasteiger partial charge in [0, 0.05) is 11.4 Å². The molecule has 0 bridgehead atoms. The molecule has 1 aromatic carbocycles. The molecule has 0 aliphatic heterocycles. The van der Waals surface area contributed by atoms with Crippen LogP contribution in [0, 0.1) is 0 Å². The van der Waals surface area contributed by atoms with Crippen LogP contribution < -0.4 is 5.32 Å². The molecule has 4 heteroatoms. The number of hydrogen-bond donors (Lipinski definition) is 2. The minimum atomic E-state index is -0.0213. The van der Waals surface area contributed by atoms with Crippen LogP contribution >= 0.6 is 11.3 Å². The number of benzene rings is 1. The maximum atomic E-state index is 11.8. The number of rotatable bonds is 5. The third-order valence-corrected chi connectivity index (χ3v) is 3.61. The summed E-state index contributed by atoms with van der Waals surface area (Å²) in [6.07, 6.45) is 0.326. The van der Waals surface area contributed by atoms with Gasteiger partial charge in [-0.25, -0.2) is 0 Å². The zero-order valence-electron chi connectivity index (χ0n) is 9.93. The molecule has 0 aliphatic rings. The van der Waals surface area contributed by atoms with Crippen LogP contribution in [0.1, 0.15) is 16.0 Å². The number of aliphatic hydroxyl groups excluding tert-OH is 1. The van der Waals surface area contributed by atoms with Crippen molar-refractivity contribution in [3.63, 3.8) is 0 Å². The van der Waals surface area contributed by atoms with Crippen molar-refractivity contribution in [3.8, 4) is 0 Å². The van der Waals surface area contributed by atoms with Gasteiger partial charge in [-0.1, -0.05) is 30.3 Å². The predicted molar refractivity (Wildman–Crippen MR) is 72.2 cm³/mol. The molecule has 0 saturated carbocycles. The molecule has 94 valence electrons. The monoisotopic (exact) mass is 261 g/mol. The van der Waals surface area contributed by atoms with Gasteiger partial charge in [-0.15, -0.1) is 11.3 Å². The molecule has 1 amide bonds. The van der Waals surface area contributed by atoms with E-state index in [1.165, 1.54) is 11.3 Å². The normalized spacial score (nSPS) is 10.3. The lowest BCUT2D eigenvalue weighted by molar-refractivity contribution is -0.120. The predicted octanol–water partition coefficient (Wildman–Crippen LogP) is 2.10. The molecule has 0 aliphatic carbocycles. The molecule has 0 atom stereocenters. The molecule has 0 radical (unpaired) electrons. The number of nitrogens with one attached hydrogen (secondary N) is 1. The largest absolute Gasteiger partial charge is 0.391 e. The van der Waals surface area contributed by atoms with Crippen molar-refractivity contribution in [2.75, 3.05) is 0 Å². The van der Waals surface area contributed by atoms with E-state index >= 15 is 0 Å². The van der Waals surface area contributed by atoms with E-state index < -0.39 is 0 Å². The first-order valence-corrected chi connectivity index (χ1v) is 6.64. The van der Waals surface area contributed by atoms with Gasteiger partial charge in [0.05, 0.1) is 13.0 Å². The summed E-state index contributed by atoms with van der Waals surface area (Å²) in [6, 6.07) is 11.7. The third kappa shape index (κ3) is 3.42. The van der Waals surface area contributed by atoms with Crippen molar-refractivity contribution in [3.05, 3.63) is 57.8 Å². The summed E-state index contributed by atoms with van der Waals surface area (Å²) >= 11 is 1.48. The molecule has 1 aromatic heterocycles. The summed E-state index contributed by atoms with van der Waals surface area (Å²) < 4.78 is 0. The second-order valence-corrected chi connectivity index (χ2v) is 4.97. The second-order valence-electron chi connectivity index (χ2n) is 3.97. The van der Waals surface area contributed by atoms with Gasteiger partial charge < -0.3 is 10.4 Å². The molecule has 2 N–H and O–H groups in total. The van der Waals surface area contributed by atoms with E-state index in [-0.39, 0.29) is 12.5 Å². The fourth-order valence-electron chi connectivity index (χ4n) is 1.70. The number of hydrogen-bond acceptors (Lipinski definition) is 3. The Hall–Kier alpha value is -1.65. The Morgan fingerprint density at radius 3 is 2.72 bits per heavy atom. The highest BCUT2D eigenvalue weighted by molar-refractivity contribution is 7.10. The summed E-state index contributed by atoms with van der Waals surface area (Å²) in [7, 11) is 0. The highest BCUT2D eigenvalue weighted by Crippen LogP contribution is 2.17. The van der Waals surface area contributed by atoms with E-state index in [2.05, 4.69) is 5.32 Å². The smallest absolute Gasteiger partial charge is 0.224 e. The lowest BCUT2D eigenvalue weighted by Gasteiger charge is -2.05. The van der Waals surface area contributed by atoms with Crippen LogP contribution in [0.4, 0.5) is 0 Å². The number of amides is 1. The average molecular weight is 261 g/mol. The standard InChI is InChI=1S/C14H15NO2S/c16-10-13-12(6-7-18-13)8-14(17)15-9-11-4-2-1-3-5-11/h1-7,16H,8-10H2,(H,15,17). The number of carbonyl (C=O) groups is 1. The van der Waals surface area contributed by atoms with Gasteiger partial charge in [0.25, 0.3) is 0 Å². The topological polar surface area (TPSA) is 49.3 Å². The molecule has 0 saturated heterocycles. The minimum absolute atomic E-state index is 0.00103. The van der Waals surface area contributed by atoms with Crippen molar-refractivity contribution in [1.29, 1.82) is 0 Å². The van der Waals surface area contributed by atoms with E-state index in [1.807, 2.05) is 41.8 Å². The fourth-order valence-corrected chi connectivity index (χ4v) is 2.46. The molecular weight excluding hydrogens is 246 g/mol. The van der Waals surface area contributed by atoms with E-state index in [4.69, 9.17) is 5.11 Å². The number of aliphatic hydroxyl groups is 1. The Morgan fingerprint density at radius 1 is 1.22 bits per heavy atom. The highest BCUT2D eigenvalue weighted by Gasteiger charge is 2.08. The Morgan fingerprint density at radius 2 is 2.00 bits per heavy atom. The summed E-state index contributed by atoms with van der Waals surface area (Å²) in [6.45, 7) is 0.539. The lowest BCUT2D eigenvalue weighted by Crippen LogP contribution is -2.24. The minimum Gasteiger partial charge on any atom is -0.391 e. The molecule has 18 heavy (non-hydrogen) atoms. The third-order valence-electron chi connectivity index (χ3n) is 2.66. The number of carbonyl (C=O) groups excluding carboxylic acids is 1. The molecule has 3 nitrogen and oxygen atoms in total. The molecule has 2 rings (SSSR count). The first-order valence-electron chi connectivity index (χ1n) is 5.76. The quantitative estimate of drug-likeness (QED) is 0.866. The number of thiophene rings is 1. The van der Waals surface area contributed by atoms with Crippen molar-refractivity contribution in [2.24, 2.45) is 0 Å². The van der Waals surface area contributed by atoms with Crippen molar-refractivity contribution < 1.29 is 9.90 Å². The van der Waals surface area contributed by atoms with Gasteiger partial charge in [0.1, 0.15) is 0 Å². The van der Waals surface area contributed by atoms with Crippen LogP contribution in [-0.4, -0.2) is 11.0 Å². The van der Waals surface area contributed by atoms with E-state index in [9.17, 15) is 4.79 Å². The molecule has 2 aromatic rings. The maximum absolute atomic E-state index is 11.8. The summed E-state index contributed by atoms with van der Waals surface area (Å²) in [4.78, 5) is 12.6. The SMILES string of the molecule is O=C(Cc1ccsc1CO)NCc1ccccc1. The zero-order valence-corrected chi connectivity index (χ0v) is 10.7. The summed E-state index contributed by atoms with van der Waals surface area (Å²) in [5, 5.41) is 13.9. The average Bonchev–Trinajstić information content (AvgIpc) is 2.85. The molecule has 0 unspecified atom stereocenters. The van der Waals surface area contributed by atoms with Crippen molar-refractivity contribution in [1.82, 2.24) is 5.32 Å². The van der Waals surface area contributed by atoms with Gasteiger partial charge in [-0.05, 0) is 22.6 Å². The van der Waals surface area contributed by atoms with Crippen molar-refractivity contribution >= 4 is 17.2 Å². The van der Waals surface area contributed by atoms with Crippen LogP contribution in [0.2, 0.25) is 0 Å². The molecule has 0 spiro atoms. The molecule has 1 heterocycles. The van der Waals surface area contributed by atoms with E-state index in [1.54, 1.807) is 0 Å². The van der Waals surface area contributed by atoms with Gasteiger partial charge in [-0.2, -0.15) is 0 Å². The van der Waals surface area contributed by atoms with E-state index in [0.29, 0.717) is 13.0 Å². The summed E-state index contributed by atoms with van der Waals surface area (Å²) in [5.41, 5.74) is 1.99. The maximum Gasteiger partial charge on any atom is 0.224 e. The first-order chi connectivity index (χ1) is 8.79. The van der Waals surface area contributed by atoms with Crippen LogP contribution in [-0.2, 0) is 24.4 Å². The Balaban J connectivity index is 1.86. The highest BCUT2D eigenvalue weighted by atomic mass is 32.1. The van der Waals surface area contributed by atoms with Gasteiger partial charge >= 0.3 is 0 Å². The fraction of sp³-hybridized carbons (Fsp3) is 0.214.